The van der Waals surface area contributed by atoms with Crippen molar-refractivity contribution in [1.29, 1.82) is 0 Å². The Kier molecular flexibility index (Phi) is 5.10. The van der Waals surface area contributed by atoms with Crippen LogP contribution in [0.15, 0.2) is 34.3 Å². The van der Waals surface area contributed by atoms with E-state index in [0.717, 1.165) is 39.3 Å². The largest absolute Gasteiger partial charge is 0.343 e. The van der Waals surface area contributed by atoms with E-state index in [0.29, 0.717) is 0 Å². The first-order valence-corrected chi connectivity index (χ1v) is 11.0. The van der Waals surface area contributed by atoms with Crippen LogP contribution in [-0.4, -0.2) is 83.9 Å². The molecule has 0 aliphatic carbocycles. The third-order valence-corrected chi connectivity index (χ3v) is 6.29. The minimum Gasteiger partial charge on any atom is -0.343 e. The summed E-state index contributed by atoms with van der Waals surface area (Å²) in [5.41, 5.74) is 2.77. The maximum atomic E-state index is 4.81. The van der Waals surface area contributed by atoms with Crippen molar-refractivity contribution in [2.24, 2.45) is 9.98 Å². The zero-order valence-corrected chi connectivity index (χ0v) is 16.9. The minimum atomic E-state index is 0.972. The highest BCUT2D eigenvalue weighted by Crippen LogP contribution is 2.19. The van der Waals surface area contributed by atoms with Gasteiger partial charge in [-0.05, 0) is 36.8 Å². The van der Waals surface area contributed by atoms with Gasteiger partial charge in [-0.3, -0.25) is 9.98 Å². The molecule has 0 atom stereocenters. The molecule has 0 saturated carbocycles. The summed E-state index contributed by atoms with van der Waals surface area (Å²) in [6.07, 6.45) is 4.88. The second-order valence-corrected chi connectivity index (χ2v) is 8.41. The van der Waals surface area contributed by atoms with Crippen LogP contribution >= 0.6 is 0 Å². The molecular weight excluding hydrogens is 348 g/mol. The number of guanidine groups is 2. The fourth-order valence-corrected chi connectivity index (χ4v) is 4.90. The third-order valence-electron chi connectivity index (χ3n) is 6.29. The zero-order valence-electron chi connectivity index (χ0n) is 16.9. The van der Waals surface area contributed by atoms with Gasteiger partial charge in [0.25, 0.3) is 0 Å². The summed E-state index contributed by atoms with van der Waals surface area (Å²) in [5, 5.41) is 0. The SMILES string of the molecule is c1cc(CN2CCCN3CCCN=C32)ccc1CN1CCCN2CCCN=C21. The first-order valence-electron chi connectivity index (χ1n) is 11.0. The van der Waals surface area contributed by atoms with Crippen LogP contribution in [0.5, 0.6) is 0 Å². The number of hydrogen-bond acceptors (Lipinski definition) is 6. The van der Waals surface area contributed by atoms with Crippen molar-refractivity contribution in [1.82, 2.24) is 19.6 Å². The molecule has 0 aromatic heterocycles. The molecule has 0 amide bonds. The molecule has 1 aromatic carbocycles. The maximum absolute atomic E-state index is 4.81. The molecule has 4 aliphatic heterocycles. The van der Waals surface area contributed by atoms with E-state index in [1.807, 2.05) is 0 Å². The fourth-order valence-electron chi connectivity index (χ4n) is 4.90. The number of nitrogens with zero attached hydrogens (tertiary/aromatic N) is 6. The van der Waals surface area contributed by atoms with Gasteiger partial charge in [0.1, 0.15) is 0 Å². The van der Waals surface area contributed by atoms with Crippen LogP contribution in [-0.2, 0) is 13.1 Å². The van der Waals surface area contributed by atoms with Crippen molar-refractivity contribution in [3.8, 4) is 0 Å². The molecule has 0 radical (unpaired) electrons. The van der Waals surface area contributed by atoms with Crippen molar-refractivity contribution in [3.05, 3.63) is 35.4 Å². The lowest BCUT2D eigenvalue weighted by molar-refractivity contribution is 0.238. The second kappa shape index (κ2) is 8.02. The van der Waals surface area contributed by atoms with Crippen molar-refractivity contribution < 1.29 is 0 Å². The van der Waals surface area contributed by atoms with E-state index in [1.54, 1.807) is 0 Å². The minimum absolute atomic E-state index is 0.972. The monoisotopic (exact) mass is 380 g/mol. The maximum Gasteiger partial charge on any atom is 0.196 e. The topological polar surface area (TPSA) is 37.7 Å². The van der Waals surface area contributed by atoms with Crippen LogP contribution in [0.4, 0.5) is 0 Å². The Morgan fingerprint density at radius 2 is 1.00 bits per heavy atom. The van der Waals surface area contributed by atoms with Gasteiger partial charge >= 0.3 is 0 Å². The first kappa shape index (κ1) is 17.8. The Morgan fingerprint density at radius 3 is 1.46 bits per heavy atom. The number of aliphatic imine (C=N–C) groups is 2. The van der Waals surface area contributed by atoms with Gasteiger partial charge in [-0.2, -0.15) is 0 Å². The molecule has 4 aliphatic rings. The molecule has 0 bridgehead atoms. The lowest BCUT2D eigenvalue weighted by Crippen LogP contribution is -2.52. The Morgan fingerprint density at radius 1 is 0.571 bits per heavy atom. The summed E-state index contributed by atoms with van der Waals surface area (Å²) in [5.74, 6) is 2.45. The first-order chi connectivity index (χ1) is 13.9. The zero-order chi connectivity index (χ0) is 18.8. The van der Waals surface area contributed by atoms with Gasteiger partial charge in [0, 0.05) is 65.4 Å². The summed E-state index contributed by atoms with van der Waals surface area (Å²) in [6.45, 7) is 10.8. The Labute approximate surface area is 168 Å². The van der Waals surface area contributed by atoms with Gasteiger partial charge in [0.05, 0.1) is 0 Å². The molecular formula is C22H32N6. The number of fused-ring (bicyclic) bond motifs is 2. The van der Waals surface area contributed by atoms with Crippen LogP contribution in [0.1, 0.15) is 36.8 Å². The van der Waals surface area contributed by atoms with E-state index in [2.05, 4.69) is 43.9 Å². The molecule has 5 rings (SSSR count). The highest BCUT2D eigenvalue weighted by atomic mass is 15.4. The average molecular weight is 381 g/mol. The van der Waals surface area contributed by atoms with E-state index in [4.69, 9.17) is 9.98 Å². The predicted molar refractivity (Wildman–Crippen MR) is 113 cm³/mol. The normalized spacial score (nSPS) is 22.4. The van der Waals surface area contributed by atoms with Crippen LogP contribution in [0.25, 0.3) is 0 Å². The fraction of sp³-hybridized carbons (Fsp3) is 0.636. The molecule has 2 fully saturated rings. The Bertz CT molecular complexity index is 677. The quantitative estimate of drug-likeness (QED) is 0.803. The van der Waals surface area contributed by atoms with E-state index in [9.17, 15) is 0 Å². The summed E-state index contributed by atoms with van der Waals surface area (Å²) in [7, 11) is 0. The van der Waals surface area contributed by atoms with Crippen LogP contribution in [0.3, 0.4) is 0 Å². The van der Waals surface area contributed by atoms with E-state index < -0.39 is 0 Å². The van der Waals surface area contributed by atoms with Gasteiger partial charge in [0.2, 0.25) is 0 Å². The molecule has 0 unspecified atom stereocenters. The third kappa shape index (κ3) is 3.69. The van der Waals surface area contributed by atoms with Crippen molar-refractivity contribution in [2.75, 3.05) is 52.4 Å². The van der Waals surface area contributed by atoms with E-state index in [1.165, 1.54) is 74.9 Å². The number of rotatable bonds is 4. The second-order valence-electron chi connectivity index (χ2n) is 8.41. The molecule has 0 N–H and O–H groups in total. The lowest BCUT2D eigenvalue weighted by Gasteiger charge is -2.41. The number of benzene rings is 1. The summed E-state index contributed by atoms with van der Waals surface area (Å²) in [6, 6.07) is 9.23. The van der Waals surface area contributed by atoms with Gasteiger partial charge in [-0.15, -0.1) is 0 Å². The van der Waals surface area contributed by atoms with Crippen molar-refractivity contribution in [3.63, 3.8) is 0 Å². The van der Waals surface area contributed by atoms with Gasteiger partial charge < -0.3 is 19.6 Å². The van der Waals surface area contributed by atoms with Crippen molar-refractivity contribution >= 4 is 11.9 Å². The van der Waals surface area contributed by atoms with E-state index in [-0.39, 0.29) is 0 Å². The molecule has 150 valence electrons. The molecule has 6 nitrogen and oxygen atoms in total. The van der Waals surface area contributed by atoms with Gasteiger partial charge in [0.15, 0.2) is 11.9 Å². The molecule has 1 aromatic rings. The molecule has 6 heteroatoms. The van der Waals surface area contributed by atoms with Crippen LogP contribution in [0, 0.1) is 0 Å². The lowest BCUT2D eigenvalue weighted by atomic mass is 10.1. The van der Waals surface area contributed by atoms with Gasteiger partial charge in [-0.1, -0.05) is 24.3 Å². The highest BCUT2D eigenvalue weighted by Gasteiger charge is 2.26. The summed E-state index contributed by atoms with van der Waals surface area (Å²) >= 11 is 0. The smallest absolute Gasteiger partial charge is 0.196 e. The molecule has 28 heavy (non-hydrogen) atoms. The Balaban J connectivity index is 1.23. The predicted octanol–water partition coefficient (Wildman–Crippen LogP) is 2.22. The van der Waals surface area contributed by atoms with E-state index >= 15 is 0 Å². The molecule has 2 saturated heterocycles. The molecule has 4 heterocycles. The average Bonchev–Trinajstić information content (AvgIpc) is 2.76. The van der Waals surface area contributed by atoms with Gasteiger partial charge in [-0.25, -0.2) is 0 Å². The number of hydrogen-bond donors (Lipinski definition) is 0. The molecule has 0 spiro atoms. The van der Waals surface area contributed by atoms with Crippen LogP contribution < -0.4 is 0 Å². The summed E-state index contributed by atoms with van der Waals surface area (Å²) in [4.78, 5) is 19.5. The summed E-state index contributed by atoms with van der Waals surface area (Å²) < 4.78 is 0. The van der Waals surface area contributed by atoms with Crippen LogP contribution in [0.2, 0.25) is 0 Å². The highest BCUT2D eigenvalue weighted by molar-refractivity contribution is 5.82. The standard InChI is InChI=1S/C22H32N6/c1-9-23-21-25(11-1)13-3-15-27(21)17-19-5-7-20(8-6-19)18-28-16-4-14-26-12-2-10-24-22(26)28/h5-8H,1-4,9-18H2. The Hall–Kier alpha value is -2.24. The van der Waals surface area contributed by atoms with Crippen molar-refractivity contribution in [2.45, 2.75) is 38.8 Å².